The van der Waals surface area contributed by atoms with E-state index in [1.54, 1.807) is 0 Å². The number of carbonyl (C=O) groups excluding carboxylic acids is 1. The van der Waals surface area contributed by atoms with E-state index < -0.39 is 11.7 Å². The molecule has 0 radical (unpaired) electrons. The van der Waals surface area contributed by atoms with Gasteiger partial charge in [0.05, 0.1) is 5.56 Å². The van der Waals surface area contributed by atoms with Gasteiger partial charge in [0.2, 0.25) is 0 Å². The van der Waals surface area contributed by atoms with Crippen LogP contribution in [0.1, 0.15) is 56.0 Å². The second kappa shape index (κ2) is 7.07. The molecule has 1 atom stereocenters. The maximum Gasteiger partial charge on any atom is 0.417 e. The molecule has 2 aliphatic heterocycles. The Labute approximate surface area is 166 Å². The van der Waals surface area contributed by atoms with E-state index in [9.17, 15) is 18.0 Å². The summed E-state index contributed by atoms with van der Waals surface area (Å²) in [6, 6.07) is 3.78. The standard InChI is InChI=1S/C20H26BrF3N2O/c1-18(2,3)17-19(6-9-25-10-7-19)8-11-26(17)16(27)13-4-5-15(21)14(12-13)20(22,23)24/h4-5,12,17,25H,6-11H2,1-3H3. The van der Waals surface area contributed by atoms with E-state index >= 15 is 0 Å². The maximum atomic E-state index is 13.3. The third-order valence-electron chi connectivity index (χ3n) is 5.94. The summed E-state index contributed by atoms with van der Waals surface area (Å²) in [7, 11) is 0. The van der Waals surface area contributed by atoms with Gasteiger partial charge in [-0.3, -0.25) is 4.79 Å². The molecule has 1 amide bonds. The zero-order chi connectivity index (χ0) is 20.0. The fourth-order valence-corrected chi connectivity index (χ4v) is 5.51. The Morgan fingerprint density at radius 3 is 2.37 bits per heavy atom. The molecule has 0 aliphatic carbocycles. The molecule has 3 nitrogen and oxygen atoms in total. The summed E-state index contributed by atoms with van der Waals surface area (Å²) in [5, 5.41) is 3.38. The van der Waals surface area contributed by atoms with Crippen LogP contribution in [0.5, 0.6) is 0 Å². The Hall–Kier alpha value is -1.08. The van der Waals surface area contributed by atoms with Crippen molar-refractivity contribution in [3.05, 3.63) is 33.8 Å². The first kappa shape index (κ1) is 20.6. The SMILES string of the molecule is CC(C)(C)C1N(C(=O)c2ccc(Br)c(C(F)(F)F)c2)CCC12CCNCC2. The second-order valence-corrected chi connectivity index (χ2v) is 9.68. The van der Waals surface area contributed by atoms with Crippen molar-refractivity contribution in [3.8, 4) is 0 Å². The number of hydrogen-bond acceptors (Lipinski definition) is 2. The van der Waals surface area contributed by atoms with Crippen molar-refractivity contribution in [2.75, 3.05) is 19.6 Å². The summed E-state index contributed by atoms with van der Waals surface area (Å²) in [5.74, 6) is -0.302. The van der Waals surface area contributed by atoms with Gasteiger partial charge in [-0.1, -0.05) is 36.7 Å². The smallest absolute Gasteiger partial charge is 0.335 e. The highest BCUT2D eigenvalue weighted by Crippen LogP contribution is 2.51. The molecule has 1 N–H and O–H groups in total. The molecular formula is C20H26BrF3N2O. The molecule has 1 spiro atoms. The van der Waals surface area contributed by atoms with Gasteiger partial charge in [0.1, 0.15) is 0 Å². The summed E-state index contributed by atoms with van der Waals surface area (Å²) in [5.41, 5.74) is -0.810. The van der Waals surface area contributed by atoms with Crippen LogP contribution in [0.25, 0.3) is 0 Å². The number of rotatable bonds is 1. The lowest BCUT2D eigenvalue weighted by Crippen LogP contribution is -2.53. The highest BCUT2D eigenvalue weighted by Gasteiger charge is 2.53. The second-order valence-electron chi connectivity index (χ2n) is 8.82. The Morgan fingerprint density at radius 1 is 1.19 bits per heavy atom. The van der Waals surface area contributed by atoms with Gasteiger partial charge >= 0.3 is 6.18 Å². The molecule has 2 aliphatic rings. The van der Waals surface area contributed by atoms with E-state index in [1.165, 1.54) is 12.1 Å². The zero-order valence-corrected chi connectivity index (χ0v) is 17.5. The molecule has 2 fully saturated rings. The van der Waals surface area contributed by atoms with Crippen LogP contribution in [0.2, 0.25) is 0 Å². The summed E-state index contributed by atoms with van der Waals surface area (Å²) in [4.78, 5) is 15.1. The zero-order valence-electron chi connectivity index (χ0n) is 15.9. The third-order valence-corrected chi connectivity index (χ3v) is 6.63. The number of halogens is 4. The number of hydrogen-bond donors (Lipinski definition) is 1. The van der Waals surface area contributed by atoms with Crippen LogP contribution in [-0.4, -0.2) is 36.5 Å². The number of piperidine rings is 1. The Kier molecular flexibility index (Phi) is 5.40. The molecule has 1 aromatic rings. The third kappa shape index (κ3) is 3.90. The van der Waals surface area contributed by atoms with Gasteiger partial charge in [0.25, 0.3) is 5.91 Å². The first-order chi connectivity index (χ1) is 12.5. The minimum absolute atomic E-state index is 0.0117. The van der Waals surface area contributed by atoms with Crippen molar-refractivity contribution in [2.45, 2.75) is 52.3 Å². The van der Waals surface area contributed by atoms with E-state index in [2.05, 4.69) is 42.0 Å². The molecule has 27 heavy (non-hydrogen) atoms. The van der Waals surface area contributed by atoms with Gasteiger partial charge < -0.3 is 10.2 Å². The molecule has 2 saturated heterocycles. The summed E-state index contributed by atoms with van der Waals surface area (Å²) in [6.07, 6.45) is -1.61. The molecule has 2 heterocycles. The molecule has 0 bridgehead atoms. The van der Waals surface area contributed by atoms with E-state index in [1.807, 2.05) is 4.90 Å². The van der Waals surface area contributed by atoms with Crippen LogP contribution in [-0.2, 0) is 6.18 Å². The first-order valence-electron chi connectivity index (χ1n) is 9.34. The van der Waals surface area contributed by atoms with Crippen molar-refractivity contribution in [2.24, 2.45) is 10.8 Å². The number of amides is 1. The van der Waals surface area contributed by atoms with Gasteiger partial charge in [-0.15, -0.1) is 0 Å². The number of likely N-dealkylation sites (tertiary alicyclic amines) is 1. The predicted octanol–water partition coefficient (Wildman–Crippen LogP) is 5.10. The number of carbonyl (C=O) groups is 1. The minimum Gasteiger partial charge on any atom is -0.335 e. The van der Waals surface area contributed by atoms with Crippen LogP contribution >= 0.6 is 15.9 Å². The lowest BCUT2D eigenvalue weighted by atomic mass is 9.64. The van der Waals surface area contributed by atoms with Gasteiger partial charge in [0.15, 0.2) is 0 Å². The molecule has 3 rings (SSSR count). The van der Waals surface area contributed by atoms with E-state index in [-0.39, 0.29) is 32.8 Å². The number of benzene rings is 1. The van der Waals surface area contributed by atoms with Crippen LogP contribution in [0.4, 0.5) is 13.2 Å². The van der Waals surface area contributed by atoms with Crippen LogP contribution in [0, 0.1) is 10.8 Å². The van der Waals surface area contributed by atoms with Gasteiger partial charge in [-0.25, -0.2) is 0 Å². The number of alkyl halides is 3. The average Bonchev–Trinajstić information content (AvgIpc) is 2.93. The summed E-state index contributed by atoms with van der Waals surface area (Å²) in [6.45, 7) is 8.80. The Morgan fingerprint density at radius 2 is 1.81 bits per heavy atom. The van der Waals surface area contributed by atoms with E-state index in [0.29, 0.717) is 6.54 Å². The molecule has 7 heteroatoms. The van der Waals surface area contributed by atoms with Gasteiger partial charge in [-0.05, 0) is 61.4 Å². The summed E-state index contributed by atoms with van der Waals surface area (Å²) < 4.78 is 39.7. The Balaban J connectivity index is 1.97. The first-order valence-corrected chi connectivity index (χ1v) is 10.1. The van der Waals surface area contributed by atoms with Gasteiger partial charge in [-0.2, -0.15) is 13.2 Å². The van der Waals surface area contributed by atoms with Crippen LogP contribution < -0.4 is 5.32 Å². The van der Waals surface area contributed by atoms with Crippen molar-refractivity contribution in [1.29, 1.82) is 0 Å². The molecule has 1 unspecified atom stereocenters. The molecule has 0 aromatic heterocycles. The van der Waals surface area contributed by atoms with E-state index in [4.69, 9.17) is 0 Å². The number of nitrogens with zero attached hydrogens (tertiary/aromatic N) is 1. The monoisotopic (exact) mass is 446 g/mol. The molecule has 0 saturated carbocycles. The lowest BCUT2D eigenvalue weighted by Gasteiger charge is -2.47. The highest BCUT2D eigenvalue weighted by molar-refractivity contribution is 9.10. The van der Waals surface area contributed by atoms with E-state index in [0.717, 1.165) is 38.4 Å². The van der Waals surface area contributed by atoms with Crippen LogP contribution in [0.3, 0.4) is 0 Å². The fraction of sp³-hybridized carbons (Fsp3) is 0.650. The largest absolute Gasteiger partial charge is 0.417 e. The lowest BCUT2D eigenvalue weighted by molar-refractivity contribution is -0.138. The van der Waals surface area contributed by atoms with Crippen molar-refractivity contribution in [3.63, 3.8) is 0 Å². The quantitative estimate of drug-likeness (QED) is 0.650. The highest BCUT2D eigenvalue weighted by atomic mass is 79.9. The normalized spacial score (nSPS) is 23.1. The molecule has 1 aromatic carbocycles. The Bertz CT molecular complexity index is 721. The number of nitrogens with one attached hydrogen (secondary N) is 1. The predicted molar refractivity (Wildman–Crippen MR) is 103 cm³/mol. The average molecular weight is 447 g/mol. The topological polar surface area (TPSA) is 32.3 Å². The van der Waals surface area contributed by atoms with Crippen molar-refractivity contribution < 1.29 is 18.0 Å². The summed E-state index contributed by atoms with van der Waals surface area (Å²) >= 11 is 2.95. The minimum atomic E-state index is -4.50. The van der Waals surface area contributed by atoms with Gasteiger partial charge in [0, 0.05) is 22.6 Å². The maximum absolute atomic E-state index is 13.3. The molecule has 150 valence electrons. The van der Waals surface area contributed by atoms with Crippen molar-refractivity contribution in [1.82, 2.24) is 10.2 Å². The van der Waals surface area contributed by atoms with Crippen molar-refractivity contribution >= 4 is 21.8 Å². The molecular weight excluding hydrogens is 421 g/mol. The van der Waals surface area contributed by atoms with Crippen LogP contribution in [0.15, 0.2) is 22.7 Å². The fourth-order valence-electron chi connectivity index (χ4n) is 5.03.